The van der Waals surface area contributed by atoms with Gasteiger partial charge in [-0.25, -0.2) is 9.98 Å². The third-order valence-electron chi connectivity index (χ3n) is 4.54. The molecule has 2 aromatic carbocycles. The van der Waals surface area contributed by atoms with E-state index >= 15 is 0 Å². The van der Waals surface area contributed by atoms with Crippen LogP contribution in [0, 0.1) is 0 Å². The number of thiazole rings is 1. The van der Waals surface area contributed by atoms with E-state index < -0.39 is 0 Å². The Morgan fingerprint density at radius 1 is 1.09 bits per heavy atom. The van der Waals surface area contributed by atoms with Gasteiger partial charge in [0.15, 0.2) is 10.3 Å². The van der Waals surface area contributed by atoms with Crippen molar-refractivity contribution in [1.82, 2.24) is 4.98 Å². The summed E-state index contributed by atoms with van der Waals surface area (Å²) in [7, 11) is 0. The Morgan fingerprint density at radius 2 is 1.91 bits per heavy atom. The van der Waals surface area contributed by atoms with E-state index in [0.717, 1.165) is 10.2 Å². The van der Waals surface area contributed by atoms with Crippen molar-refractivity contribution in [3.8, 4) is 0 Å². The van der Waals surface area contributed by atoms with Gasteiger partial charge < -0.3 is 9.73 Å². The molecular formula is C23H16N4O3S2. The molecule has 2 amide bonds. The molecule has 158 valence electrons. The number of hydrogen-bond donors (Lipinski definition) is 1. The normalized spacial score (nSPS) is 14.9. The molecule has 1 aliphatic heterocycles. The highest BCUT2D eigenvalue weighted by Gasteiger charge is 2.32. The molecule has 0 unspecified atom stereocenters. The summed E-state index contributed by atoms with van der Waals surface area (Å²) >= 11 is 2.61. The van der Waals surface area contributed by atoms with Crippen LogP contribution in [0.15, 0.2) is 88.1 Å². The minimum Gasteiger partial charge on any atom is -0.465 e. The van der Waals surface area contributed by atoms with Crippen LogP contribution in [0.1, 0.15) is 5.76 Å². The SMILES string of the molecule is O=C(CSC1=N/C(=C\c2ccco2)C(=O)N1c1ccccc1)Nc1nc2ccccc2s1. The highest BCUT2D eigenvalue weighted by atomic mass is 32.2. The Morgan fingerprint density at radius 3 is 2.69 bits per heavy atom. The molecule has 5 rings (SSSR count). The fraction of sp³-hybridized carbons (Fsp3) is 0.0435. The summed E-state index contributed by atoms with van der Waals surface area (Å²) in [6, 6.07) is 20.4. The first-order valence-corrected chi connectivity index (χ1v) is 11.5. The third-order valence-corrected chi connectivity index (χ3v) is 6.43. The van der Waals surface area contributed by atoms with E-state index in [0.29, 0.717) is 21.7 Å². The van der Waals surface area contributed by atoms with Crippen LogP contribution in [-0.4, -0.2) is 27.7 Å². The molecule has 3 heterocycles. The fourth-order valence-electron chi connectivity index (χ4n) is 3.12. The van der Waals surface area contributed by atoms with Crippen LogP contribution in [0.4, 0.5) is 10.8 Å². The van der Waals surface area contributed by atoms with Gasteiger partial charge in [0.05, 0.1) is 27.9 Å². The van der Waals surface area contributed by atoms with Crippen LogP contribution in [0.2, 0.25) is 0 Å². The highest BCUT2D eigenvalue weighted by Crippen LogP contribution is 2.30. The van der Waals surface area contributed by atoms with Crippen molar-refractivity contribution >= 4 is 67.2 Å². The van der Waals surface area contributed by atoms with E-state index in [4.69, 9.17) is 4.42 Å². The number of aromatic nitrogens is 1. The molecule has 0 saturated heterocycles. The molecule has 0 aliphatic carbocycles. The van der Waals surface area contributed by atoms with Gasteiger partial charge in [-0.05, 0) is 36.4 Å². The lowest BCUT2D eigenvalue weighted by molar-refractivity contribution is -0.114. The first-order valence-electron chi connectivity index (χ1n) is 9.69. The van der Waals surface area contributed by atoms with Crippen LogP contribution < -0.4 is 10.2 Å². The largest absolute Gasteiger partial charge is 0.465 e. The van der Waals surface area contributed by atoms with Gasteiger partial charge in [-0.15, -0.1) is 0 Å². The predicted molar refractivity (Wildman–Crippen MR) is 129 cm³/mol. The van der Waals surface area contributed by atoms with Crippen LogP contribution in [0.5, 0.6) is 0 Å². The molecular weight excluding hydrogens is 444 g/mol. The Bertz CT molecular complexity index is 1310. The van der Waals surface area contributed by atoms with Gasteiger partial charge in [0.1, 0.15) is 11.5 Å². The van der Waals surface area contributed by atoms with E-state index in [-0.39, 0.29) is 23.3 Å². The third kappa shape index (κ3) is 4.20. The first-order chi connectivity index (χ1) is 15.7. The van der Waals surface area contributed by atoms with Gasteiger partial charge >= 0.3 is 0 Å². The Hall–Kier alpha value is -3.69. The van der Waals surface area contributed by atoms with Gasteiger partial charge in [-0.3, -0.25) is 14.5 Å². The smallest absolute Gasteiger partial charge is 0.283 e. The second-order valence-electron chi connectivity index (χ2n) is 6.74. The topological polar surface area (TPSA) is 87.8 Å². The summed E-state index contributed by atoms with van der Waals surface area (Å²) < 4.78 is 6.32. The molecule has 2 aromatic heterocycles. The number of carbonyl (C=O) groups excluding carboxylic acids is 2. The number of thioether (sulfide) groups is 1. The maximum Gasteiger partial charge on any atom is 0.283 e. The summed E-state index contributed by atoms with van der Waals surface area (Å²) in [5.74, 6) is 0.117. The van der Waals surface area contributed by atoms with Gasteiger partial charge in [-0.1, -0.05) is 53.4 Å². The Labute approximate surface area is 191 Å². The summed E-state index contributed by atoms with van der Waals surface area (Å²) in [6.07, 6.45) is 3.12. The predicted octanol–water partition coefficient (Wildman–Crippen LogP) is 5.00. The lowest BCUT2D eigenvalue weighted by Gasteiger charge is -2.17. The minimum atomic E-state index is -0.276. The van der Waals surface area contributed by atoms with Crippen molar-refractivity contribution in [2.24, 2.45) is 4.99 Å². The fourth-order valence-corrected chi connectivity index (χ4v) is 4.81. The molecule has 9 heteroatoms. The molecule has 0 spiro atoms. The van der Waals surface area contributed by atoms with Gasteiger partial charge in [0, 0.05) is 6.08 Å². The number of para-hydroxylation sites is 2. The number of amides is 2. The quantitative estimate of drug-likeness (QED) is 0.423. The van der Waals surface area contributed by atoms with Crippen molar-refractivity contribution in [1.29, 1.82) is 0 Å². The molecule has 0 bridgehead atoms. The Kier molecular flexibility index (Phi) is 5.57. The average molecular weight is 461 g/mol. The van der Waals surface area contributed by atoms with Crippen molar-refractivity contribution in [2.45, 2.75) is 0 Å². The van der Waals surface area contributed by atoms with E-state index in [1.54, 1.807) is 18.2 Å². The molecule has 0 radical (unpaired) electrons. The second-order valence-corrected chi connectivity index (χ2v) is 8.71. The number of hydrogen-bond acceptors (Lipinski definition) is 7. The maximum absolute atomic E-state index is 13.1. The van der Waals surface area contributed by atoms with Crippen molar-refractivity contribution < 1.29 is 14.0 Å². The molecule has 1 aliphatic rings. The molecule has 0 fully saturated rings. The maximum atomic E-state index is 13.1. The van der Waals surface area contributed by atoms with Crippen molar-refractivity contribution in [3.05, 3.63) is 84.5 Å². The summed E-state index contributed by atoms with van der Waals surface area (Å²) in [6.45, 7) is 0. The summed E-state index contributed by atoms with van der Waals surface area (Å²) in [5, 5.41) is 3.80. The number of carbonyl (C=O) groups is 2. The minimum absolute atomic E-state index is 0.0827. The number of rotatable bonds is 5. The lowest BCUT2D eigenvalue weighted by Crippen LogP contribution is -2.31. The second kappa shape index (κ2) is 8.81. The zero-order valence-electron chi connectivity index (χ0n) is 16.6. The van der Waals surface area contributed by atoms with Crippen LogP contribution in [0.25, 0.3) is 16.3 Å². The molecule has 1 N–H and O–H groups in total. The zero-order chi connectivity index (χ0) is 21.9. The average Bonchev–Trinajstić information content (AvgIpc) is 3.52. The van der Waals surface area contributed by atoms with E-state index in [9.17, 15) is 9.59 Å². The number of furan rings is 1. The standard InChI is InChI=1S/C23H16N4O3S2/c28-20(26-22-24-17-10-4-5-11-19(17)32-22)14-31-23-25-18(13-16-9-6-12-30-16)21(29)27(23)15-7-2-1-3-8-15/h1-13H,14H2,(H,24,26,28)/b18-13-. The van der Waals surface area contributed by atoms with E-state index in [1.165, 1.54) is 34.3 Å². The van der Waals surface area contributed by atoms with Crippen molar-refractivity contribution in [3.63, 3.8) is 0 Å². The van der Waals surface area contributed by atoms with Crippen LogP contribution >= 0.6 is 23.1 Å². The summed E-state index contributed by atoms with van der Waals surface area (Å²) in [5.41, 5.74) is 1.77. The number of nitrogens with zero attached hydrogens (tertiary/aromatic N) is 3. The molecule has 7 nitrogen and oxygen atoms in total. The number of benzene rings is 2. The van der Waals surface area contributed by atoms with E-state index in [2.05, 4.69) is 15.3 Å². The van der Waals surface area contributed by atoms with Gasteiger partial charge in [-0.2, -0.15) is 0 Å². The number of amidine groups is 1. The van der Waals surface area contributed by atoms with Crippen LogP contribution in [-0.2, 0) is 9.59 Å². The van der Waals surface area contributed by atoms with Crippen LogP contribution in [0.3, 0.4) is 0 Å². The lowest BCUT2D eigenvalue weighted by atomic mass is 10.2. The molecule has 0 atom stereocenters. The number of aliphatic imine (C=N–C) groups is 1. The molecule has 4 aromatic rings. The number of anilines is 2. The zero-order valence-corrected chi connectivity index (χ0v) is 18.2. The number of fused-ring (bicyclic) bond motifs is 1. The molecule has 32 heavy (non-hydrogen) atoms. The monoisotopic (exact) mass is 460 g/mol. The summed E-state index contributed by atoms with van der Waals surface area (Å²) in [4.78, 5) is 36.0. The van der Waals surface area contributed by atoms with Gasteiger partial charge in [0.2, 0.25) is 5.91 Å². The van der Waals surface area contributed by atoms with Gasteiger partial charge in [0.25, 0.3) is 5.91 Å². The molecule has 0 saturated carbocycles. The van der Waals surface area contributed by atoms with Crippen molar-refractivity contribution in [2.75, 3.05) is 16.0 Å². The number of nitrogens with one attached hydrogen (secondary N) is 1. The highest BCUT2D eigenvalue weighted by molar-refractivity contribution is 8.14. The first kappa shape index (κ1) is 20.2. The Balaban J connectivity index is 1.34. The van der Waals surface area contributed by atoms with E-state index in [1.807, 2.05) is 54.6 Å².